The van der Waals surface area contributed by atoms with E-state index in [-0.39, 0.29) is 0 Å². The van der Waals surface area contributed by atoms with Crippen LogP contribution < -0.4 is 10.5 Å². The summed E-state index contributed by atoms with van der Waals surface area (Å²) in [5.74, 6) is 0.950. The molecule has 0 saturated heterocycles. The highest BCUT2D eigenvalue weighted by molar-refractivity contribution is 7.98. The quantitative estimate of drug-likeness (QED) is 0.776. The Kier molecular flexibility index (Phi) is 4.29. The molecule has 0 radical (unpaired) electrons. The molecule has 1 rings (SSSR count). The van der Waals surface area contributed by atoms with Crippen LogP contribution >= 0.6 is 11.8 Å². The lowest BCUT2D eigenvalue weighted by Gasteiger charge is -2.11. The average molecular weight is 211 g/mol. The molecule has 0 spiro atoms. The van der Waals surface area contributed by atoms with Gasteiger partial charge in [-0.25, -0.2) is 0 Å². The lowest BCUT2D eigenvalue weighted by Crippen LogP contribution is -2.04. The first-order chi connectivity index (χ1) is 6.72. The zero-order valence-corrected chi connectivity index (χ0v) is 9.78. The third-order valence-electron chi connectivity index (χ3n) is 2.21. The Morgan fingerprint density at radius 3 is 2.64 bits per heavy atom. The Labute approximate surface area is 89.8 Å². The minimum absolute atomic E-state index is 0.680. The van der Waals surface area contributed by atoms with Gasteiger partial charge in [-0.3, -0.25) is 0 Å². The number of nitrogens with two attached hydrogens (primary N) is 1. The van der Waals surface area contributed by atoms with E-state index in [2.05, 4.69) is 25.3 Å². The lowest BCUT2D eigenvalue weighted by molar-refractivity contribution is 0.410. The summed E-state index contributed by atoms with van der Waals surface area (Å²) in [6.07, 6.45) is 2.99. The first kappa shape index (κ1) is 11.4. The van der Waals surface area contributed by atoms with Crippen LogP contribution in [0.1, 0.15) is 11.1 Å². The summed E-state index contributed by atoms with van der Waals surface area (Å²) in [6, 6.07) is 4.25. The molecular formula is C11H17NOS. The molecule has 2 nitrogen and oxygen atoms in total. The van der Waals surface area contributed by atoms with E-state index < -0.39 is 0 Å². The maximum atomic E-state index is 5.56. The molecule has 0 aliphatic rings. The molecule has 0 atom stereocenters. The third kappa shape index (κ3) is 2.42. The molecule has 1 aromatic carbocycles. The number of ether oxygens (including phenoxy) is 1. The van der Waals surface area contributed by atoms with Gasteiger partial charge in [0.05, 0.1) is 7.11 Å². The molecule has 0 amide bonds. The van der Waals surface area contributed by atoms with Gasteiger partial charge in [0.2, 0.25) is 0 Å². The Hall–Kier alpha value is -0.670. The second-order valence-corrected chi connectivity index (χ2v) is 4.02. The fourth-order valence-electron chi connectivity index (χ4n) is 1.46. The number of benzene rings is 1. The summed E-state index contributed by atoms with van der Waals surface area (Å²) in [4.78, 5) is 1.30. The van der Waals surface area contributed by atoms with Gasteiger partial charge in [-0.15, -0.1) is 11.8 Å². The van der Waals surface area contributed by atoms with Crippen molar-refractivity contribution >= 4 is 11.8 Å². The van der Waals surface area contributed by atoms with Crippen molar-refractivity contribution in [1.29, 1.82) is 0 Å². The second-order valence-electron chi connectivity index (χ2n) is 3.17. The molecule has 0 fully saturated rings. The standard InChI is InChI=1S/C11H17NOS/c1-8-6-11(14-3)9(4-5-12)7-10(8)13-2/h6-7H,4-5,12H2,1-3H3. The average Bonchev–Trinajstić information content (AvgIpc) is 2.20. The van der Waals surface area contributed by atoms with Gasteiger partial charge in [0.25, 0.3) is 0 Å². The van der Waals surface area contributed by atoms with Gasteiger partial charge in [0.1, 0.15) is 5.75 Å². The van der Waals surface area contributed by atoms with Gasteiger partial charge in [-0.2, -0.15) is 0 Å². The van der Waals surface area contributed by atoms with Gasteiger partial charge < -0.3 is 10.5 Å². The van der Waals surface area contributed by atoms with E-state index >= 15 is 0 Å². The number of aryl methyl sites for hydroxylation is 1. The molecule has 0 aromatic heterocycles. The molecule has 0 aliphatic carbocycles. The van der Waals surface area contributed by atoms with Crippen molar-refractivity contribution in [2.75, 3.05) is 19.9 Å². The molecule has 0 unspecified atom stereocenters. The van der Waals surface area contributed by atoms with Gasteiger partial charge >= 0.3 is 0 Å². The molecule has 0 heterocycles. The first-order valence-electron chi connectivity index (χ1n) is 4.64. The highest BCUT2D eigenvalue weighted by Gasteiger charge is 2.06. The minimum Gasteiger partial charge on any atom is -0.496 e. The van der Waals surface area contributed by atoms with Gasteiger partial charge in [0, 0.05) is 4.90 Å². The number of hydrogen-bond acceptors (Lipinski definition) is 3. The van der Waals surface area contributed by atoms with E-state index in [9.17, 15) is 0 Å². The molecule has 0 saturated carbocycles. The van der Waals surface area contributed by atoms with Crippen molar-refractivity contribution < 1.29 is 4.74 Å². The van der Waals surface area contributed by atoms with E-state index in [0.29, 0.717) is 6.54 Å². The Bertz CT molecular complexity index is 312. The van der Waals surface area contributed by atoms with E-state index in [1.54, 1.807) is 18.9 Å². The van der Waals surface area contributed by atoms with Crippen molar-refractivity contribution in [3.8, 4) is 5.75 Å². The molecular weight excluding hydrogens is 194 g/mol. The minimum atomic E-state index is 0.680. The van der Waals surface area contributed by atoms with Gasteiger partial charge in [0.15, 0.2) is 0 Å². The number of hydrogen-bond donors (Lipinski definition) is 1. The summed E-state index contributed by atoms with van der Waals surface area (Å²) in [6.45, 7) is 2.74. The van der Waals surface area contributed by atoms with Crippen LogP contribution in [-0.4, -0.2) is 19.9 Å². The van der Waals surface area contributed by atoms with Gasteiger partial charge in [-0.1, -0.05) is 0 Å². The van der Waals surface area contributed by atoms with Crippen molar-refractivity contribution in [2.24, 2.45) is 5.73 Å². The second kappa shape index (κ2) is 5.27. The number of methoxy groups -OCH3 is 1. The van der Waals surface area contributed by atoms with Crippen LogP contribution in [0.5, 0.6) is 5.75 Å². The van der Waals surface area contributed by atoms with Crippen molar-refractivity contribution in [2.45, 2.75) is 18.2 Å². The summed E-state index contributed by atoms with van der Waals surface area (Å²) in [7, 11) is 1.70. The highest BCUT2D eigenvalue weighted by Crippen LogP contribution is 2.28. The predicted octanol–water partition coefficient (Wildman–Crippen LogP) is 2.23. The van der Waals surface area contributed by atoms with Gasteiger partial charge in [-0.05, 0) is 49.4 Å². The first-order valence-corrected chi connectivity index (χ1v) is 5.87. The Morgan fingerprint density at radius 1 is 1.43 bits per heavy atom. The topological polar surface area (TPSA) is 35.2 Å². The Balaban J connectivity index is 3.11. The van der Waals surface area contributed by atoms with Crippen LogP contribution in [0.3, 0.4) is 0 Å². The number of thioether (sulfide) groups is 1. The third-order valence-corrected chi connectivity index (χ3v) is 3.03. The summed E-state index contributed by atoms with van der Waals surface area (Å²) in [5.41, 5.74) is 8.02. The summed E-state index contributed by atoms with van der Waals surface area (Å²) in [5, 5.41) is 0. The Morgan fingerprint density at radius 2 is 2.14 bits per heavy atom. The summed E-state index contributed by atoms with van der Waals surface area (Å²) < 4.78 is 5.28. The maximum Gasteiger partial charge on any atom is 0.122 e. The fraction of sp³-hybridized carbons (Fsp3) is 0.455. The van der Waals surface area contributed by atoms with Crippen LogP contribution in [-0.2, 0) is 6.42 Å². The van der Waals surface area contributed by atoms with Crippen LogP contribution in [0.25, 0.3) is 0 Å². The SMILES string of the molecule is COc1cc(CCN)c(SC)cc1C. The zero-order valence-electron chi connectivity index (χ0n) is 8.96. The molecule has 1 aromatic rings. The van der Waals surface area contributed by atoms with Crippen LogP contribution in [0.15, 0.2) is 17.0 Å². The molecule has 14 heavy (non-hydrogen) atoms. The van der Waals surface area contributed by atoms with Crippen LogP contribution in [0.4, 0.5) is 0 Å². The maximum absolute atomic E-state index is 5.56. The highest BCUT2D eigenvalue weighted by atomic mass is 32.2. The molecule has 0 bridgehead atoms. The van der Waals surface area contributed by atoms with Crippen molar-refractivity contribution in [3.05, 3.63) is 23.3 Å². The van der Waals surface area contributed by atoms with Crippen molar-refractivity contribution in [1.82, 2.24) is 0 Å². The monoisotopic (exact) mass is 211 g/mol. The molecule has 0 aliphatic heterocycles. The van der Waals surface area contributed by atoms with E-state index in [1.807, 2.05) is 0 Å². The lowest BCUT2D eigenvalue weighted by atomic mass is 10.1. The van der Waals surface area contributed by atoms with Crippen LogP contribution in [0.2, 0.25) is 0 Å². The van der Waals surface area contributed by atoms with E-state index in [1.165, 1.54) is 16.0 Å². The predicted molar refractivity (Wildman–Crippen MR) is 62.3 cm³/mol. The largest absolute Gasteiger partial charge is 0.496 e. The fourth-order valence-corrected chi connectivity index (χ4v) is 2.18. The number of rotatable bonds is 4. The van der Waals surface area contributed by atoms with E-state index in [4.69, 9.17) is 10.5 Å². The molecule has 3 heteroatoms. The molecule has 2 N–H and O–H groups in total. The zero-order chi connectivity index (χ0) is 10.6. The summed E-state index contributed by atoms with van der Waals surface area (Å²) >= 11 is 1.76. The smallest absolute Gasteiger partial charge is 0.122 e. The van der Waals surface area contributed by atoms with Crippen molar-refractivity contribution in [3.63, 3.8) is 0 Å². The normalized spacial score (nSPS) is 10.3. The van der Waals surface area contributed by atoms with Crippen LogP contribution in [0, 0.1) is 6.92 Å². The van der Waals surface area contributed by atoms with E-state index in [0.717, 1.165) is 12.2 Å². The molecule has 78 valence electrons.